The number of fused-ring (bicyclic) bond motifs is 1. The molecule has 166 valence electrons. The van der Waals surface area contributed by atoms with Gasteiger partial charge in [-0.2, -0.15) is 0 Å². The molecule has 0 aliphatic carbocycles. The van der Waals surface area contributed by atoms with E-state index in [9.17, 15) is 13.2 Å². The van der Waals surface area contributed by atoms with E-state index in [0.717, 1.165) is 21.9 Å². The number of rotatable bonds is 6. The first kappa shape index (κ1) is 22.5. The van der Waals surface area contributed by atoms with Gasteiger partial charge in [-0.05, 0) is 48.0 Å². The first-order chi connectivity index (χ1) is 15.3. The molecule has 3 aromatic carbocycles. The van der Waals surface area contributed by atoms with E-state index >= 15 is 0 Å². The molecule has 0 saturated carbocycles. The maximum atomic E-state index is 12.8. The van der Waals surface area contributed by atoms with E-state index < -0.39 is 22.0 Å². The van der Waals surface area contributed by atoms with E-state index in [2.05, 4.69) is 17.4 Å². The third-order valence-corrected chi connectivity index (χ3v) is 7.32. The second-order valence-corrected chi connectivity index (χ2v) is 10.7. The molecule has 0 radical (unpaired) electrons. The van der Waals surface area contributed by atoms with Gasteiger partial charge in [-0.15, -0.1) is 11.8 Å². The van der Waals surface area contributed by atoms with E-state index in [1.54, 1.807) is 23.9 Å². The second-order valence-electron chi connectivity index (χ2n) is 7.30. The van der Waals surface area contributed by atoms with Crippen LogP contribution in [0.25, 0.3) is 0 Å². The number of amides is 1. The molecule has 0 unspecified atom stereocenters. The predicted molar refractivity (Wildman–Crippen MR) is 129 cm³/mol. The molecule has 0 spiro atoms. The number of ether oxygens (including phenoxy) is 1. The average molecular weight is 489 g/mol. The fourth-order valence-electron chi connectivity index (χ4n) is 3.27. The molecule has 0 fully saturated rings. The number of hydrogen-bond acceptors (Lipinski definition) is 5. The Morgan fingerprint density at radius 2 is 1.84 bits per heavy atom. The number of thioether (sulfide) groups is 1. The Kier molecular flexibility index (Phi) is 6.64. The van der Waals surface area contributed by atoms with Crippen molar-refractivity contribution in [1.29, 1.82) is 0 Å². The molecule has 1 aliphatic rings. The lowest BCUT2D eigenvalue weighted by atomic mass is 10.2. The Balaban J connectivity index is 1.43. The van der Waals surface area contributed by atoms with Crippen LogP contribution in [0.3, 0.4) is 0 Å². The lowest BCUT2D eigenvalue weighted by Gasteiger charge is -2.34. The van der Waals surface area contributed by atoms with Crippen molar-refractivity contribution in [3.63, 3.8) is 0 Å². The Morgan fingerprint density at radius 1 is 1.12 bits per heavy atom. The van der Waals surface area contributed by atoms with E-state index in [1.807, 2.05) is 42.5 Å². The van der Waals surface area contributed by atoms with Crippen LogP contribution in [-0.2, 0) is 20.6 Å². The molecule has 1 heterocycles. The third kappa shape index (κ3) is 5.38. The van der Waals surface area contributed by atoms with Crippen molar-refractivity contribution in [2.75, 3.05) is 22.4 Å². The zero-order valence-corrected chi connectivity index (χ0v) is 19.6. The number of carbonyl (C=O) groups excluding carboxylic acids is 1. The van der Waals surface area contributed by atoms with E-state index in [-0.39, 0.29) is 6.54 Å². The van der Waals surface area contributed by atoms with E-state index in [1.165, 1.54) is 11.0 Å². The number of halogens is 1. The number of sulfonamides is 1. The molecule has 0 saturated heterocycles. The van der Waals surface area contributed by atoms with Crippen molar-refractivity contribution in [3.05, 3.63) is 83.4 Å². The quantitative estimate of drug-likeness (QED) is 0.504. The minimum Gasteiger partial charge on any atom is -0.476 e. The third-order valence-electron chi connectivity index (χ3n) is 4.85. The lowest BCUT2D eigenvalue weighted by Crippen LogP contribution is -2.48. The lowest BCUT2D eigenvalue weighted by molar-refractivity contribution is -0.122. The fourth-order valence-corrected chi connectivity index (χ4v) is 5.21. The van der Waals surface area contributed by atoms with E-state index in [4.69, 9.17) is 16.3 Å². The van der Waals surface area contributed by atoms with Crippen LogP contribution in [0.1, 0.15) is 5.56 Å². The minimum atomic E-state index is -3.62. The number of anilines is 2. The van der Waals surface area contributed by atoms with Crippen molar-refractivity contribution in [2.45, 2.75) is 16.8 Å². The van der Waals surface area contributed by atoms with Gasteiger partial charge in [0.1, 0.15) is 5.75 Å². The molecule has 0 aromatic heterocycles. The molecular weight excluding hydrogens is 468 g/mol. The zero-order valence-electron chi connectivity index (χ0n) is 17.2. The monoisotopic (exact) mass is 488 g/mol. The van der Waals surface area contributed by atoms with Gasteiger partial charge < -0.3 is 10.1 Å². The van der Waals surface area contributed by atoms with Gasteiger partial charge in [0.2, 0.25) is 10.0 Å². The summed E-state index contributed by atoms with van der Waals surface area (Å²) < 4.78 is 31.5. The zero-order chi connectivity index (χ0) is 22.7. The topological polar surface area (TPSA) is 75.7 Å². The van der Waals surface area contributed by atoms with Gasteiger partial charge in [0.25, 0.3) is 5.91 Å². The Bertz CT molecular complexity index is 1220. The smallest absolute Gasteiger partial charge is 0.267 e. The molecular formula is C23H21ClN2O4S2. The summed E-state index contributed by atoms with van der Waals surface area (Å²) in [5, 5.41) is 3.19. The van der Waals surface area contributed by atoms with Crippen LogP contribution in [-0.4, -0.2) is 33.2 Å². The summed E-state index contributed by atoms with van der Waals surface area (Å²) in [5.74, 6) is 0.678. The van der Waals surface area contributed by atoms with Crippen LogP contribution in [0.4, 0.5) is 11.4 Å². The summed E-state index contributed by atoms with van der Waals surface area (Å²) in [5.41, 5.74) is 2.06. The molecule has 1 atom stereocenters. The molecule has 3 aromatic rings. The van der Waals surface area contributed by atoms with Gasteiger partial charge >= 0.3 is 0 Å². The molecule has 4 rings (SSSR count). The number of benzene rings is 3. The maximum Gasteiger partial charge on any atom is 0.267 e. The summed E-state index contributed by atoms with van der Waals surface area (Å²) in [6.45, 7) is -0.135. The van der Waals surface area contributed by atoms with Crippen molar-refractivity contribution >= 4 is 50.7 Å². The van der Waals surface area contributed by atoms with Crippen LogP contribution < -0.4 is 14.4 Å². The number of carbonyl (C=O) groups is 1. The van der Waals surface area contributed by atoms with Crippen molar-refractivity contribution < 1.29 is 17.9 Å². The highest BCUT2D eigenvalue weighted by atomic mass is 35.5. The average Bonchev–Trinajstić information content (AvgIpc) is 2.78. The van der Waals surface area contributed by atoms with Crippen LogP contribution >= 0.6 is 23.4 Å². The van der Waals surface area contributed by atoms with Gasteiger partial charge in [-0.1, -0.05) is 41.9 Å². The highest BCUT2D eigenvalue weighted by Crippen LogP contribution is 2.37. The Hall–Kier alpha value is -2.68. The summed E-state index contributed by atoms with van der Waals surface area (Å²) >= 11 is 7.74. The summed E-state index contributed by atoms with van der Waals surface area (Å²) in [6.07, 6.45) is 0.0937. The van der Waals surface area contributed by atoms with Crippen LogP contribution in [0.5, 0.6) is 5.75 Å². The normalized spacial score (nSPS) is 15.6. The molecule has 0 bridgehead atoms. The maximum absolute atomic E-state index is 12.8. The minimum absolute atomic E-state index is 0.135. The van der Waals surface area contributed by atoms with Crippen LogP contribution in [0.2, 0.25) is 5.02 Å². The standard InChI is InChI=1S/C23H21ClN2O4S2/c1-32(28,29)26-14-22(30-21-12-9-17(24)13-20(21)26)23(27)25-18-10-7-16(8-11-18)15-31-19-5-3-2-4-6-19/h2-13,22H,14-15H2,1H3,(H,25,27)/t22-/m0/s1. The molecule has 6 nitrogen and oxygen atoms in total. The van der Waals surface area contributed by atoms with Crippen molar-refractivity contribution in [1.82, 2.24) is 0 Å². The van der Waals surface area contributed by atoms with Gasteiger partial charge in [0, 0.05) is 21.4 Å². The summed E-state index contributed by atoms with van der Waals surface area (Å²) in [4.78, 5) is 14.0. The van der Waals surface area contributed by atoms with Crippen LogP contribution in [0.15, 0.2) is 77.7 Å². The largest absolute Gasteiger partial charge is 0.476 e. The summed E-state index contributed by atoms with van der Waals surface area (Å²) in [6, 6.07) is 22.3. The summed E-state index contributed by atoms with van der Waals surface area (Å²) in [7, 11) is -3.62. The second kappa shape index (κ2) is 9.44. The number of nitrogens with one attached hydrogen (secondary N) is 1. The van der Waals surface area contributed by atoms with Gasteiger partial charge in [-0.25, -0.2) is 8.42 Å². The molecule has 1 N–H and O–H groups in total. The van der Waals surface area contributed by atoms with Crippen molar-refractivity contribution in [2.24, 2.45) is 0 Å². The number of nitrogens with zero attached hydrogens (tertiary/aromatic N) is 1. The Labute approximate surface area is 196 Å². The first-order valence-corrected chi connectivity index (χ1v) is 13.0. The highest BCUT2D eigenvalue weighted by Gasteiger charge is 2.35. The predicted octanol–water partition coefficient (Wildman–Crippen LogP) is 4.80. The molecule has 1 aliphatic heterocycles. The van der Waals surface area contributed by atoms with Crippen LogP contribution in [0, 0.1) is 0 Å². The van der Waals surface area contributed by atoms with Gasteiger partial charge in [-0.3, -0.25) is 9.10 Å². The van der Waals surface area contributed by atoms with E-state index in [0.29, 0.717) is 22.1 Å². The van der Waals surface area contributed by atoms with Gasteiger partial charge in [0.05, 0.1) is 18.5 Å². The molecule has 1 amide bonds. The highest BCUT2D eigenvalue weighted by molar-refractivity contribution is 7.98. The molecule has 9 heteroatoms. The first-order valence-electron chi connectivity index (χ1n) is 9.81. The Morgan fingerprint density at radius 3 is 2.53 bits per heavy atom. The fraction of sp³-hybridized carbons (Fsp3) is 0.174. The van der Waals surface area contributed by atoms with Crippen molar-refractivity contribution in [3.8, 4) is 5.75 Å². The SMILES string of the molecule is CS(=O)(=O)N1C[C@@H](C(=O)Nc2ccc(CSc3ccccc3)cc2)Oc2ccc(Cl)cc21. The number of hydrogen-bond donors (Lipinski definition) is 1. The van der Waals surface area contributed by atoms with Gasteiger partial charge in [0.15, 0.2) is 6.10 Å². The molecule has 32 heavy (non-hydrogen) atoms.